The molecule has 41 heavy (non-hydrogen) atoms. The zero-order chi connectivity index (χ0) is 29.8. The molecule has 0 unspecified atom stereocenters. The molecule has 10 heteroatoms. The smallest absolute Gasteiger partial charge is 0.248 e. The van der Waals surface area contributed by atoms with E-state index in [9.17, 15) is 14.4 Å². The van der Waals surface area contributed by atoms with Crippen molar-refractivity contribution >= 4 is 23.6 Å². The minimum Gasteiger partial charge on any atom is -0.497 e. The summed E-state index contributed by atoms with van der Waals surface area (Å²) < 4.78 is 5.17. The van der Waals surface area contributed by atoms with Crippen molar-refractivity contribution in [1.82, 2.24) is 10.6 Å². The lowest BCUT2D eigenvalue weighted by molar-refractivity contribution is -0.138. The van der Waals surface area contributed by atoms with Gasteiger partial charge in [-0.1, -0.05) is 72.8 Å². The number of hydrogen-bond donors (Lipinski definition) is 6. The van der Waals surface area contributed by atoms with Crippen LogP contribution in [0.2, 0.25) is 0 Å². The Hall–Kier alpha value is -4.70. The van der Waals surface area contributed by atoms with E-state index in [4.69, 9.17) is 27.3 Å². The molecule has 2 atom stereocenters. The van der Waals surface area contributed by atoms with Crippen LogP contribution in [0.4, 0.5) is 0 Å². The molecule has 0 aliphatic rings. The third kappa shape index (κ3) is 8.64. The Bertz CT molecular complexity index is 1280. The summed E-state index contributed by atoms with van der Waals surface area (Å²) >= 11 is 0. The summed E-state index contributed by atoms with van der Waals surface area (Å²) in [6.45, 7) is 0.237. The van der Waals surface area contributed by atoms with E-state index in [-0.39, 0.29) is 44.1 Å². The Balaban J connectivity index is 1.88. The fourth-order valence-electron chi connectivity index (χ4n) is 4.64. The second-order valence-corrected chi connectivity index (χ2v) is 9.90. The number of nitrogens with one attached hydrogen (secondary N) is 3. The molecular formula is C31H38N6O4. The molecule has 216 valence electrons. The summed E-state index contributed by atoms with van der Waals surface area (Å²) in [4.78, 5) is 40.0. The number of methoxy groups -OCH3 is 1. The van der Waals surface area contributed by atoms with Crippen LogP contribution in [0.1, 0.15) is 41.9 Å². The van der Waals surface area contributed by atoms with Crippen molar-refractivity contribution in [3.63, 3.8) is 0 Å². The van der Waals surface area contributed by atoms with Gasteiger partial charge in [-0.15, -0.1) is 0 Å². The van der Waals surface area contributed by atoms with Crippen LogP contribution < -0.4 is 32.6 Å². The SMILES string of the molecule is COc1ccc(C[C@H](NC(=O)[C@](N)(CCCNC(=N)N)C(=O)CC(c2ccccc2)c2ccccc2)C(N)=O)cc1. The van der Waals surface area contributed by atoms with Crippen molar-refractivity contribution in [2.75, 3.05) is 13.7 Å². The first-order valence-corrected chi connectivity index (χ1v) is 13.4. The van der Waals surface area contributed by atoms with E-state index >= 15 is 0 Å². The summed E-state index contributed by atoms with van der Waals surface area (Å²) in [5.74, 6) is -1.96. The molecule has 0 heterocycles. The largest absolute Gasteiger partial charge is 0.497 e. The quantitative estimate of drug-likeness (QED) is 0.0712. The number of hydrogen-bond acceptors (Lipinski definition) is 6. The normalized spacial score (nSPS) is 13.0. The second kappa shape index (κ2) is 14.6. The number of benzene rings is 3. The van der Waals surface area contributed by atoms with Crippen molar-refractivity contribution in [2.45, 2.75) is 43.2 Å². The third-order valence-electron chi connectivity index (χ3n) is 7.01. The summed E-state index contributed by atoms with van der Waals surface area (Å²) in [6.07, 6.45) is 0.300. The van der Waals surface area contributed by atoms with Crippen LogP contribution in [0.15, 0.2) is 84.9 Å². The van der Waals surface area contributed by atoms with Crippen molar-refractivity contribution in [1.29, 1.82) is 5.41 Å². The molecule has 0 saturated carbocycles. The maximum Gasteiger partial charge on any atom is 0.248 e. The first kappa shape index (κ1) is 30.8. The van der Waals surface area contributed by atoms with Crippen LogP contribution in [0, 0.1) is 5.41 Å². The summed E-state index contributed by atoms with van der Waals surface area (Å²) in [5.41, 5.74) is 18.3. The van der Waals surface area contributed by atoms with E-state index in [0.717, 1.165) is 16.7 Å². The Morgan fingerprint density at radius 2 is 1.46 bits per heavy atom. The number of Topliss-reactive ketones (excluding diaryl/α,β-unsaturated/α-hetero) is 1. The average Bonchev–Trinajstić information content (AvgIpc) is 2.98. The van der Waals surface area contributed by atoms with E-state index in [0.29, 0.717) is 5.75 Å². The second-order valence-electron chi connectivity index (χ2n) is 9.90. The van der Waals surface area contributed by atoms with Gasteiger partial charge in [0.2, 0.25) is 11.8 Å². The van der Waals surface area contributed by atoms with Crippen LogP contribution in [-0.4, -0.2) is 48.8 Å². The van der Waals surface area contributed by atoms with Gasteiger partial charge in [0.25, 0.3) is 0 Å². The lowest BCUT2D eigenvalue weighted by Crippen LogP contribution is -2.63. The monoisotopic (exact) mass is 558 g/mol. The topological polar surface area (TPSA) is 186 Å². The van der Waals surface area contributed by atoms with Crippen molar-refractivity contribution in [2.24, 2.45) is 17.2 Å². The molecule has 9 N–H and O–H groups in total. The molecule has 3 rings (SSSR count). The highest BCUT2D eigenvalue weighted by atomic mass is 16.5. The molecule has 0 aliphatic heterocycles. The standard InChI is InChI=1S/C31H38N6O4/c1-41-24-15-13-21(14-16-24)19-26(28(32)39)37-29(40)31(35,17-8-18-36-30(33)34)27(38)20-25(22-9-4-2-5-10-22)23-11-6-3-7-12-23/h2-7,9-16,25-26H,8,17-20,35H2,1H3,(H2,32,39)(H,37,40)(H4,33,34,36)/t26-,31-/m0/s1. The first-order valence-electron chi connectivity index (χ1n) is 13.4. The van der Waals surface area contributed by atoms with Gasteiger partial charge in [0.1, 0.15) is 11.8 Å². The fourth-order valence-corrected chi connectivity index (χ4v) is 4.64. The molecule has 2 amide bonds. The average molecular weight is 559 g/mol. The molecule has 0 saturated heterocycles. The van der Waals surface area contributed by atoms with Gasteiger partial charge in [0, 0.05) is 25.3 Å². The lowest BCUT2D eigenvalue weighted by atomic mass is 9.79. The Labute approximate surface area is 240 Å². The lowest BCUT2D eigenvalue weighted by Gasteiger charge is -2.30. The molecule has 0 aliphatic carbocycles. The van der Waals surface area contributed by atoms with E-state index in [2.05, 4.69) is 10.6 Å². The number of amides is 2. The predicted molar refractivity (Wildman–Crippen MR) is 158 cm³/mol. The summed E-state index contributed by atoms with van der Waals surface area (Å²) in [7, 11) is 1.55. The van der Waals surface area contributed by atoms with Gasteiger partial charge in [-0.05, 0) is 41.7 Å². The minimum atomic E-state index is -1.96. The molecule has 0 bridgehead atoms. The van der Waals surface area contributed by atoms with Gasteiger partial charge in [0.05, 0.1) is 7.11 Å². The van der Waals surface area contributed by atoms with Crippen LogP contribution in [0.3, 0.4) is 0 Å². The zero-order valence-corrected chi connectivity index (χ0v) is 23.1. The first-order chi connectivity index (χ1) is 19.6. The molecule has 10 nitrogen and oxygen atoms in total. The molecule has 3 aromatic carbocycles. The van der Waals surface area contributed by atoms with Gasteiger partial charge in [0.15, 0.2) is 17.3 Å². The number of ketones is 1. The molecule has 0 spiro atoms. The number of ether oxygens (including phenoxy) is 1. The summed E-state index contributed by atoms with van der Waals surface area (Å²) in [6, 6.07) is 25.0. The van der Waals surface area contributed by atoms with E-state index in [1.807, 2.05) is 60.7 Å². The van der Waals surface area contributed by atoms with Crippen LogP contribution in [-0.2, 0) is 20.8 Å². The molecule has 3 aromatic rings. The van der Waals surface area contributed by atoms with E-state index in [1.54, 1.807) is 31.4 Å². The number of carbonyl (C=O) groups is 3. The van der Waals surface area contributed by atoms with Crippen LogP contribution in [0.5, 0.6) is 5.75 Å². The number of carbonyl (C=O) groups excluding carboxylic acids is 3. The number of guanidine groups is 1. The maximum absolute atomic E-state index is 14.0. The zero-order valence-electron chi connectivity index (χ0n) is 23.1. The van der Waals surface area contributed by atoms with Crippen molar-refractivity contribution in [3.8, 4) is 5.75 Å². The molecule has 0 fully saturated rings. The Kier molecular flexibility index (Phi) is 11.0. The molecular weight excluding hydrogens is 520 g/mol. The van der Waals surface area contributed by atoms with Crippen molar-refractivity contribution in [3.05, 3.63) is 102 Å². The molecule has 0 aromatic heterocycles. The number of rotatable bonds is 15. The van der Waals surface area contributed by atoms with Gasteiger partial charge < -0.3 is 32.6 Å². The van der Waals surface area contributed by atoms with E-state index in [1.165, 1.54) is 0 Å². The fraction of sp³-hybridized carbons (Fsp3) is 0.290. The Morgan fingerprint density at radius 3 is 1.95 bits per heavy atom. The molecule has 0 radical (unpaired) electrons. The Morgan fingerprint density at radius 1 is 0.902 bits per heavy atom. The van der Waals surface area contributed by atoms with Gasteiger partial charge >= 0.3 is 0 Å². The highest BCUT2D eigenvalue weighted by Gasteiger charge is 2.43. The minimum absolute atomic E-state index is 0.0394. The van der Waals surface area contributed by atoms with Gasteiger partial charge in [-0.2, -0.15) is 0 Å². The third-order valence-corrected chi connectivity index (χ3v) is 7.01. The van der Waals surface area contributed by atoms with Crippen LogP contribution in [0.25, 0.3) is 0 Å². The predicted octanol–water partition coefficient (Wildman–Crippen LogP) is 1.96. The highest BCUT2D eigenvalue weighted by Crippen LogP contribution is 2.30. The maximum atomic E-state index is 14.0. The van der Waals surface area contributed by atoms with Gasteiger partial charge in [-0.3, -0.25) is 19.8 Å². The highest BCUT2D eigenvalue weighted by molar-refractivity contribution is 6.11. The van der Waals surface area contributed by atoms with Gasteiger partial charge in [-0.25, -0.2) is 0 Å². The van der Waals surface area contributed by atoms with Crippen molar-refractivity contribution < 1.29 is 19.1 Å². The van der Waals surface area contributed by atoms with E-state index < -0.39 is 29.2 Å². The number of nitrogens with two attached hydrogens (primary N) is 3. The summed E-state index contributed by atoms with van der Waals surface area (Å²) in [5, 5.41) is 12.7. The van der Waals surface area contributed by atoms with Crippen LogP contribution >= 0.6 is 0 Å². The number of primary amides is 1.